The van der Waals surface area contributed by atoms with Crippen LogP contribution in [0.25, 0.3) is 11.1 Å². The van der Waals surface area contributed by atoms with E-state index in [4.69, 9.17) is 21.6 Å². The third-order valence-corrected chi connectivity index (χ3v) is 3.96. The van der Waals surface area contributed by atoms with Crippen LogP contribution in [0.3, 0.4) is 0 Å². The van der Waals surface area contributed by atoms with Gasteiger partial charge in [0, 0.05) is 12.3 Å². The minimum absolute atomic E-state index is 0.0641. The lowest BCUT2D eigenvalue weighted by Gasteiger charge is -2.13. The largest absolute Gasteiger partial charge is 0.537 e. The predicted octanol–water partition coefficient (Wildman–Crippen LogP) is 3.73. The van der Waals surface area contributed by atoms with Gasteiger partial charge in [-0.1, -0.05) is 42.5 Å². The second kappa shape index (κ2) is 6.40. The minimum Gasteiger partial charge on any atom is -0.448 e. The predicted molar refractivity (Wildman–Crippen MR) is 83.3 cm³/mol. The van der Waals surface area contributed by atoms with Crippen molar-refractivity contribution in [2.75, 3.05) is 6.61 Å². The maximum atomic E-state index is 11.1. The summed E-state index contributed by atoms with van der Waals surface area (Å²) in [6, 6.07) is 13.5. The van der Waals surface area contributed by atoms with Crippen molar-refractivity contribution in [2.45, 2.75) is 12.3 Å². The molecule has 1 atom stereocenters. The van der Waals surface area contributed by atoms with E-state index in [1.165, 1.54) is 0 Å². The molecule has 3 rings (SSSR count). The molecule has 1 N–H and O–H groups in total. The summed E-state index contributed by atoms with van der Waals surface area (Å²) in [5.74, 6) is -0.161. The zero-order valence-electron chi connectivity index (χ0n) is 12.0. The van der Waals surface area contributed by atoms with Crippen LogP contribution in [0.2, 0.25) is 0 Å². The number of carboxylic acid groups (broad SMARTS) is 1. The first-order valence-corrected chi connectivity index (χ1v) is 7.37. The quantitative estimate of drug-likeness (QED) is 0.513. The lowest BCUT2D eigenvalue weighted by Crippen LogP contribution is -2.10. The molecule has 2 aromatic carbocycles. The number of fused-ring (bicyclic) bond motifs is 3. The first-order valence-electron chi connectivity index (χ1n) is 6.99. The fourth-order valence-electron chi connectivity index (χ4n) is 2.96. The second-order valence-corrected chi connectivity index (χ2v) is 5.65. The molecule has 23 heavy (non-hydrogen) atoms. The van der Waals surface area contributed by atoms with Crippen LogP contribution in [0.5, 0.6) is 0 Å². The van der Waals surface area contributed by atoms with Crippen LogP contribution in [-0.4, -0.2) is 23.1 Å². The zero-order chi connectivity index (χ0) is 16.4. The van der Waals surface area contributed by atoms with Crippen LogP contribution < -0.4 is 0 Å². The highest BCUT2D eigenvalue weighted by atomic mass is 35.5. The molecular formula is C17H13ClO5. The third kappa shape index (κ3) is 3.21. The molecule has 6 heteroatoms. The van der Waals surface area contributed by atoms with E-state index in [-0.39, 0.29) is 18.9 Å². The molecule has 0 aliphatic heterocycles. The number of halogens is 1. The van der Waals surface area contributed by atoms with Crippen LogP contribution in [0.1, 0.15) is 22.6 Å². The van der Waals surface area contributed by atoms with Gasteiger partial charge >= 0.3 is 6.16 Å². The zero-order valence-corrected chi connectivity index (χ0v) is 12.7. The highest BCUT2D eigenvalue weighted by Gasteiger charge is 2.29. The number of rotatable bonds is 5. The molecule has 2 aromatic rings. The summed E-state index contributed by atoms with van der Waals surface area (Å²) in [5, 5.41) is 8.09. The van der Waals surface area contributed by atoms with Crippen LogP contribution in [-0.2, 0) is 21.0 Å². The van der Waals surface area contributed by atoms with Gasteiger partial charge in [0.05, 0.1) is 0 Å². The van der Waals surface area contributed by atoms with Gasteiger partial charge in [-0.15, -0.1) is 0 Å². The van der Waals surface area contributed by atoms with E-state index in [1.807, 2.05) is 42.5 Å². The molecule has 118 valence electrons. The van der Waals surface area contributed by atoms with Gasteiger partial charge < -0.3 is 5.11 Å². The van der Waals surface area contributed by atoms with E-state index >= 15 is 0 Å². The molecular weight excluding hydrogens is 320 g/mol. The van der Waals surface area contributed by atoms with E-state index in [0.717, 1.165) is 27.8 Å². The molecule has 0 heterocycles. The van der Waals surface area contributed by atoms with Crippen molar-refractivity contribution in [2.24, 2.45) is 0 Å². The van der Waals surface area contributed by atoms with Crippen molar-refractivity contribution in [3.8, 4) is 11.1 Å². The third-order valence-electron chi connectivity index (χ3n) is 3.83. The molecule has 1 unspecified atom stereocenters. The molecule has 0 radical (unpaired) electrons. The molecule has 1 aliphatic rings. The number of benzene rings is 2. The van der Waals surface area contributed by atoms with Crippen molar-refractivity contribution in [1.82, 2.24) is 0 Å². The van der Waals surface area contributed by atoms with Gasteiger partial charge in [-0.05, 0) is 39.4 Å². The Morgan fingerprint density at radius 2 is 1.83 bits per heavy atom. The molecule has 0 bridgehead atoms. The van der Waals surface area contributed by atoms with E-state index in [0.29, 0.717) is 0 Å². The lowest BCUT2D eigenvalue weighted by atomic mass is 9.96. The van der Waals surface area contributed by atoms with Gasteiger partial charge in [0.2, 0.25) is 5.24 Å². The standard InChI is InChI=1S/C17H13ClO5/c18-16(19)8-10-5-6-13-11-3-1-2-4-12(11)15(14(13)7-10)9-22-23-17(20)21/h1-7,15H,8-9H2,(H,20,21). The summed E-state index contributed by atoms with van der Waals surface area (Å²) >= 11 is 5.46. The number of carbonyl (C=O) groups is 2. The summed E-state index contributed by atoms with van der Waals surface area (Å²) in [4.78, 5) is 30.5. The van der Waals surface area contributed by atoms with Crippen molar-refractivity contribution >= 4 is 23.0 Å². The Bertz CT molecular complexity index is 771. The Hall–Kier alpha value is -2.37. The summed E-state index contributed by atoms with van der Waals surface area (Å²) in [7, 11) is 0. The second-order valence-electron chi connectivity index (χ2n) is 5.23. The van der Waals surface area contributed by atoms with Crippen molar-refractivity contribution in [1.29, 1.82) is 0 Å². The normalized spacial score (nSPS) is 14.9. The molecule has 0 saturated carbocycles. The van der Waals surface area contributed by atoms with Gasteiger partial charge in [0.1, 0.15) is 6.61 Å². The molecule has 0 fully saturated rings. The van der Waals surface area contributed by atoms with Gasteiger partial charge in [-0.3, -0.25) is 9.68 Å². The number of carbonyl (C=O) groups excluding carboxylic acids is 1. The number of hydrogen-bond acceptors (Lipinski definition) is 4. The highest BCUT2D eigenvalue weighted by molar-refractivity contribution is 6.63. The van der Waals surface area contributed by atoms with Crippen LogP contribution >= 0.6 is 11.6 Å². The van der Waals surface area contributed by atoms with E-state index in [1.54, 1.807) is 0 Å². The molecule has 1 aliphatic carbocycles. The van der Waals surface area contributed by atoms with Crippen molar-refractivity contribution in [3.63, 3.8) is 0 Å². The Morgan fingerprint density at radius 1 is 1.09 bits per heavy atom. The molecule has 0 amide bonds. The van der Waals surface area contributed by atoms with Gasteiger partial charge in [-0.25, -0.2) is 4.79 Å². The maximum absolute atomic E-state index is 11.1. The Kier molecular flexibility index (Phi) is 4.32. The van der Waals surface area contributed by atoms with Gasteiger partial charge in [0.15, 0.2) is 0 Å². The van der Waals surface area contributed by atoms with E-state index < -0.39 is 11.4 Å². The van der Waals surface area contributed by atoms with Crippen molar-refractivity contribution in [3.05, 3.63) is 59.2 Å². The Morgan fingerprint density at radius 3 is 2.57 bits per heavy atom. The van der Waals surface area contributed by atoms with E-state index in [2.05, 4.69) is 4.89 Å². The summed E-state index contributed by atoms with van der Waals surface area (Å²) in [6.45, 7) is 0.0641. The van der Waals surface area contributed by atoms with Crippen LogP contribution in [0.15, 0.2) is 42.5 Å². The topological polar surface area (TPSA) is 72.8 Å². The average molecular weight is 333 g/mol. The fraction of sp³-hybridized carbons (Fsp3) is 0.176. The molecule has 0 aromatic heterocycles. The summed E-state index contributed by atoms with van der Waals surface area (Å²) in [6.07, 6.45) is -1.34. The monoisotopic (exact) mass is 332 g/mol. The van der Waals surface area contributed by atoms with E-state index in [9.17, 15) is 9.59 Å². The first kappa shape index (κ1) is 15.5. The fourth-order valence-corrected chi connectivity index (χ4v) is 3.12. The Balaban J connectivity index is 1.95. The smallest absolute Gasteiger partial charge is 0.448 e. The molecule has 0 saturated heterocycles. The summed E-state index contributed by atoms with van der Waals surface area (Å²) in [5.41, 5.74) is 4.91. The van der Waals surface area contributed by atoms with Crippen LogP contribution in [0.4, 0.5) is 4.79 Å². The first-order chi connectivity index (χ1) is 11.1. The lowest BCUT2D eigenvalue weighted by molar-refractivity contribution is -0.252. The molecule has 5 nitrogen and oxygen atoms in total. The van der Waals surface area contributed by atoms with Crippen molar-refractivity contribution < 1.29 is 24.5 Å². The van der Waals surface area contributed by atoms with Gasteiger partial charge in [-0.2, -0.15) is 4.89 Å². The Labute approximate surface area is 137 Å². The van der Waals surface area contributed by atoms with Gasteiger partial charge in [0.25, 0.3) is 0 Å². The highest BCUT2D eigenvalue weighted by Crippen LogP contribution is 2.45. The average Bonchev–Trinajstić information content (AvgIpc) is 2.80. The number of hydrogen-bond donors (Lipinski definition) is 1. The summed E-state index contributed by atoms with van der Waals surface area (Å²) < 4.78 is 0. The maximum Gasteiger partial charge on any atom is 0.537 e. The minimum atomic E-state index is -1.49. The molecule has 0 spiro atoms. The SMILES string of the molecule is O=C(Cl)Cc1ccc2c(c1)C(COOC(=O)O)c1ccccc1-2. The van der Waals surface area contributed by atoms with Crippen LogP contribution in [0, 0.1) is 0 Å².